The molecule has 9 nitrogen and oxygen atoms in total. The summed E-state index contributed by atoms with van der Waals surface area (Å²) < 4.78 is 6.47. The average molecular weight is 271 g/mol. The second-order valence-electron chi connectivity index (χ2n) is 3.71. The van der Waals surface area contributed by atoms with Gasteiger partial charge < -0.3 is 25.0 Å². The molecule has 0 bridgehead atoms. The molecule has 1 unspecified atom stereocenters. The zero-order valence-corrected chi connectivity index (χ0v) is 10.8. The number of nitrogens with zero attached hydrogens (tertiary/aromatic N) is 3. The molecule has 1 aromatic heterocycles. The first-order chi connectivity index (χ1) is 9.08. The maximum absolute atomic E-state index is 11.5. The molecular weight excluding hydrogens is 254 g/mol. The maximum Gasteiger partial charge on any atom is 0.328 e. The number of carbonyl (C=O) groups excluding carboxylic acids is 1. The van der Waals surface area contributed by atoms with Gasteiger partial charge in [-0.25, -0.2) is 9.59 Å². The van der Waals surface area contributed by atoms with E-state index >= 15 is 0 Å². The van der Waals surface area contributed by atoms with Crippen molar-refractivity contribution in [1.82, 2.24) is 25.4 Å². The molecule has 0 aromatic carbocycles. The molecule has 0 fully saturated rings. The van der Waals surface area contributed by atoms with Crippen molar-refractivity contribution >= 4 is 12.0 Å². The predicted molar refractivity (Wildman–Crippen MR) is 64.4 cm³/mol. The van der Waals surface area contributed by atoms with E-state index in [-0.39, 0.29) is 13.2 Å². The lowest BCUT2D eigenvalue weighted by Crippen LogP contribution is -2.48. The number of hydrogen-bond acceptors (Lipinski definition) is 5. The Morgan fingerprint density at radius 1 is 1.58 bits per heavy atom. The number of ether oxygens (including phenoxy) is 1. The summed E-state index contributed by atoms with van der Waals surface area (Å²) in [6, 6.07) is -1.69. The number of methoxy groups -OCH3 is 1. The molecule has 19 heavy (non-hydrogen) atoms. The van der Waals surface area contributed by atoms with E-state index in [1.54, 1.807) is 10.9 Å². The van der Waals surface area contributed by atoms with E-state index in [1.807, 2.05) is 6.92 Å². The van der Waals surface area contributed by atoms with Crippen LogP contribution in [0, 0.1) is 0 Å². The summed E-state index contributed by atoms with van der Waals surface area (Å²) in [5.74, 6) is -0.565. The van der Waals surface area contributed by atoms with Gasteiger partial charge in [-0.15, -0.1) is 10.2 Å². The molecule has 9 heteroatoms. The fourth-order valence-electron chi connectivity index (χ4n) is 1.39. The number of hydrogen-bond donors (Lipinski definition) is 3. The van der Waals surface area contributed by atoms with Crippen LogP contribution in [0.2, 0.25) is 0 Å². The van der Waals surface area contributed by atoms with Crippen molar-refractivity contribution in [2.45, 2.75) is 26.1 Å². The van der Waals surface area contributed by atoms with Crippen LogP contribution in [0.3, 0.4) is 0 Å². The fraction of sp³-hybridized carbons (Fsp3) is 0.600. The molecule has 1 heterocycles. The lowest BCUT2D eigenvalue weighted by molar-refractivity contribution is -0.140. The number of aryl methyl sites for hydroxylation is 1. The van der Waals surface area contributed by atoms with Crippen molar-refractivity contribution in [3.8, 4) is 0 Å². The first-order valence-electron chi connectivity index (χ1n) is 5.71. The Labute approximate surface area is 110 Å². The van der Waals surface area contributed by atoms with Crippen LogP contribution in [0.25, 0.3) is 0 Å². The van der Waals surface area contributed by atoms with E-state index in [2.05, 4.69) is 20.8 Å². The van der Waals surface area contributed by atoms with Crippen LogP contribution >= 0.6 is 0 Å². The quantitative estimate of drug-likeness (QED) is 0.597. The zero-order chi connectivity index (χ0) is 14.3. The van der Waals surface area contributed by atoms with Gasteiger partial charge in [0.25, 0.3) is 0 Å². The molecular formula is C10H17N5O4. The Bertz CT molecular complexity index is 433. The molecule has 1 aromatic rings. The van der Waals surface area contributed by atoms with Crippen molar-refractivity contribution in [2.24, 2.45) is 0 Å². The lowest BCUT2D eigenvalue weighted by Gasteiger charge is -2.14. The van der Waals surface area contributed by atoms with Gasteiger partial charge in [-0.2, -0.15) is 0 Å². The number of urea groups is 1. The number of aliphatic carboxylic acids is 1. The van der Waals surface area contributed by atoms with Crippen molar-refractivity contribution in [3.05, 3.63) is 12.2 Å². The van der Waals surface area contributed by atoms with E-state index in [4.69, 9.17) is 9.84 Å². The minimum atomic E-state index is -1.16. The van der Waals surface area contributed by atoms with Crippen molar-refractivity contribution in [1.29, 1.82) is 0 Å². The molecule has 0 saturated heterocycles. The first-order valence-corrected chi connectivity index (χ1v) is 5.71. The number of aromatic nitrogens is 3. The van der Waals surface area contributed by atoms with Gasteiger partial charge in [-0.05, 0) is 6.92 Å². The van der Waals surface area contributed by atoms with E-state index in [1.165, 1.54) is 7.11 Å². The Morgan fingerprint density at radius 2 is 2.32 bits per heavy atom. The highest BCUT2D eigenvalue weighted by atomic mass is 16.5. The summed E-state index contributed by atoms with van der Waals surface area (Å²) in [5.41, 5.74) is 0. The summed E-state index contributed by atoms with van der Waals surface area (Å²) in [5, 5.41) is 21.2. The first kappa shape index (κ1) is 14.9. The Morgan fingerprint density at radius 3 is 2.89 bits per heavy atom. The third-order valence-corrected chi connectivity index (χ3v) is 2.38. The van der Waals surface area contributed by atoms with Crippen LogP contribution in [0.1, 0.15) is 12.7 Å². The lowest BCUT2D eigenvalue weighted by atomic mass is 10.3. The summed E-state index contributed by atoms with van der Waals surface area (Å²) in [7, 11) is 1.36. The molecule has 106 valence electrons. The molecule has 1 rings (SSSR count). The van der Waals surface area contributed by atoms with Gasteiger partial charge in [-0.1, -0.05) is 0 Å². The third-order valence-electron chi connectivity index (χ3n) is 2.38. The van der Waals surface area contributed by atoms with Gasteiger partial charge >= 0.3 is 12.0 Å². The highest BCUT2D eigenvalue weighted by Crippen LogP contribution is 1.94. The van der Waals surface area contributed by atoms with Crippen LogP contribution in [0.5, 0.6) is 0 Å². The van der Waals surface area contributed by atoms with Gasteiger partial charge in [0.05, 0.1) is 13.2 Å². The summed E-state index contributed by atoms with van der Waals surface area (Å²) in [6.07, 6.45) is 1.56. The van der Waals surface area contributed by atoms with Gasteiger partial charge in [0.1, 0.15) is 6.33 Å². The largest absolute Gasteiger partial charge is 0.480 e. The third kappa shape index (κ3) is 4.54. The topological polar surface area (TPSA) is 118 Å². The highest BCUT2D eigenvalue weighted by Gasteiger charge is 2.19. The monoisotopic (exact) mass is 271 g/mol. The predicted octanol–water partition coefficient (Wildman–Crippen LogP) is -0.803. The van der Waals surface area contributed by atoms with Crippen molar-refractivity contribution in [2.75, 3.05) is 13.7 Å². The van der Waals surface area contributed by atoms with Crippen LogP contribution in [-0.4, -0.2) is 51.6 Å². The van der Waals surface area contributed by atoms with Gasteiger partial charge in [0.15, 0.2) is 11.9 Å². The van der Waals surface area contributed by atoms with Gasteiger partial charge in [0, 0.05) is 13.7 Å². The molecule has 0 aliphatic heterocycles. The van der Waals surface area contributed by atoms with Crippen molar-refractivity contribution < 1.29 is 19.4 Å². The maximum atomic E-state index is 11.5. The Kier molecular flexibility index (Phi) is 5.73. The SMILES string of the molecule is CCn1cnnc1CNC(=O)NC(COC)C(=O)O. The van der Waals surface area contributed by atoms with Crippen LogP contribution in [-0.2, 0) is 22.6 Å². The van der Waals surface area contributed by atoms with Gasteiger partial charge in [0.2, 0.25) is 0 Å². The molecule has 2 amide bonds. The Balaban J connectivity index is 2.44. The molecule has 0 radical (unpaired) electrons. The minimum Gasteiger partial charge on any atom is -0.480 e. The van der Waals surface area contributed by atoms with Crippen LogP contribution in [0.4, 0.5) is 4.79 Å². The molecule has 0 aliphatic rings. The summed E-state index contributed by atoms with van der Waals surface area (Å²) in [4.78, 5) is 22.3. The van der Waals surface area contributed by atoms with E-state index in [9.17, 15) is 9.59 Å². The smallest absolute Gasteiger partial charge is 0.328 e. The molecule has 0 spiro atoms. The minimum absolute atomic E-state index is 0.103. The number of carboxylic acid groups (broad SMARTS) is 1. The second-order valence-corrected chi connectivity index (χ2v) is 3.71. The number of nitrogens with one attached hydrogen (secondary N) is 2. The number of amides is 2. The van der Waals surface area contributed by atoms with E-state index in [0.717, 1.165) is 0 Å². The fourth-order valence-corrected chi connectivity index (χ4v) is 1.39. The van der Waals surface area contributed by atoms with E-state index < -0.39 is 18.0 Å². The molecule has 1 atom stereocenters. The second kappa shape index (κ2) is 7.31. The highest BCUT2D eigenvalue weighted by molar-refractivity contribution is 5.82. The van der Waals surface area contributed by atoms with Crippen LogP contribution in [0.15, 0.2) is 6.33 Å². The molecule has 0 aliphatic carbocycles. The Hall–Kier alpha value is -2.16. The van der Waals surface area contributed by atoms with Crippen LogP contribution < -0.4 is 10.6 Å². The number of carboxylic acids is 1. The number of carbonyl (C=O) groups is 2. The van der Waals surface area contributed by atoms with Gasteiger partial charge in [-0.3, -0.25) is 0 Å². The number of rotatable bonds is 7. The van der Waals surface area contributed by atoms with E-state index in [0.29, 0.717) is 12.4 Å². The molecule has 0 saturated carbocycles. The average Bonchev–Trinajstić information content (AvgIpc) is 2.83. The standard InChI is InChI=1S/C10H17N5O4/c1-3-15-6-12-14-8(15)4-11-10(18)13-7(5-19-2)9(16)17/h6-7H,3-5H2,1-2H3,(H,16,17)(H2,11,13,18). The van der Waals surface area contributed by atoms with Crippen molar-refractivity contribution in [3.63, 3.8) is 0 Å². The normalized spacial score (nSPS) is 11.9. The summed E-state index contributed by atoms with van der Waals surface area (Å²) in [6.45, 7) is 2.67. The summed E-state index contributed by atoms with van der Waals surface area (Å²) >= 11 is 0. The molecule has 3 N–H and O–H groups in total. The zero-order valence-electron chi connectivity index (χ0n) is 10.8.